The van der Waals surface area contributed by atoms with Crippen LogP contribution in [0.15, 0.2) is 0 Å². The van der Waals surface area contributed by atoms with Gasteiger partial charge in [-0.2, -0.15) is 0 Å². The van der Waals surface area contributed by atoms with Gasteiger partial charge in [0.25, 0.3) is 0 Å². The molecule has 17 heavy (non-hydrogen) atoms. The monoisotopic (exact) mass is 246 g/mol. The van der Waals surface area contributed by atoms with Gasteiger partial charge in [-0.15, -0.1) is 0 Å². The Hall–Kier alpha value is -1.30. The molecular formula is C11H22N2O4. The second kappa shape index (κ2) is 7.89. The van der Waals surface area contributed by atoms with Crippen LogP contribution in [-0.2, 0) is 9.53 Å². The van der Waals surface area contributed by atoms with Crippen LogP contribution in [0.2, 0.25) is 0 Å². The van der Waals surface area contributed by atoms with Gasteiger partial charge in [0.15, 0.2) is 0 Å². The minimum Gasteiger partial charge on any atom is -0.480 e. The first-order chi connectivity index (χ1) is 7.90. The van der Waals surface area contributed by atoms with Crippen molar-refractivity contribution in [3.8, 4) is 0 Å². The van der Waals surface area contributed by atoms with Gasteiger partial charge in [-0.1, -0.05) is 0 Å². The first-order valence-electron chi connectivity index (χ1n) is 5.68. The Morgan fingerprint density at radius 2 is 1.88 bits per heavy atom. The van der Waals surface area contributed by atoms with E-state index in [1.807, 2.05) is 0 Å². The zero-order valence-corrected chi connectivity index (χ0v) is 10.7. The Bertz CT molecular complexity index is 254. The van der Waals surface area contributed by atoms with E-state index in [2.05, 4.69) is 10.6 Å². The maximum atomic E-state index is 11.3. The van der Waals surface area contributed by atoms with Crippen LogP contribution in [0.25, 0.3) is 0 Å². The molecule has 0 aromatic heterocycles. The first kappa shape index (κ1) is 15.7. The van der Waals surface area contributed by atoms with E-state index >= 15 is 0 Å². The molecule has 0 aliphatic carbocycles. The van der Waals surface area contributed by atoms with Crippen molar-refractivity contribution in [2.24, 2.45) is 0 Å². The van der Waals surface area contributed by atoms with Crippen LogP contribution >= 0.6 is 0 Å². The Morgan fingerprint density at radius 1 is 1.24 bits per heavy atom. The molecule has 0 atom stereocenters. The molecule has 0 rings (SSSR count). The molecule has 6 nitrogen and oxygen atoms in total. The largest absolute Gasteiger partial charge is 0.480 e. The Balaban J connectivity index is 3.63. The zero-order chi connectivity index (χ0) is 13.3. The van der Waals surface area contributed by atoms with Crippen molar-refractivity contribution < 1.29 is 19.4 Å². The summed E-state index contributed by atoms with van der Waals surface area (Å²) in [5, 5.41) is 13.8. The number of carbonyl (C=O) groups excluding carboxylic acids is 1. The van der Waals surface area contributed by atoms with Crippen LogP contribution in [-0.4, -0.2) is 42.9 Å². The van der Waals surface area contributed by atoms with E-state index in [-0.39, 0.29) is 0 Å². The standard InChI is InChI=1S/C11H22N2O4/c1-11(2,9(14)15)13-10(16)12-7-5-4-6-8-17-3/h4-8H2,1-3H3,(H,14,15)(H2,12,13,16). The van der Waals surface area contributed by atoms with Gasteiger partial charge in [-0.3, -0.25) is 0 Å². The molecule has 0 heterocycles. The molecular weight excluding hydrogens is 224 g/mol. The minimum atomic E-state index is -1.25. The fourth-order valence-electron chi connectivity index (χ4n) is 1.13. The highest BCUT2D eigenvalue weighted by Crippen LogP contribution is 2.01. The van der Waals surface area contributed by atoms with E-state index in [4.69, 9.17) is 9.84 Å². The first-order valence-corrected chi connectivity index (χ1v) is 5.68. The van der Waals surface area contributed by atoms with Gasteiger partial charge in [0.1, 0.15) is 5.54 Å². The Labute approximate surface area is 102 Å². The fraction of sp³-hybridized carbons (Fsp3) is 0.818. The van der Waals surface area contributed by atoms with Crippen molar-refractivity contribution >= 4 is 12.0 Å². The number of aliphatic carboxylic acids is 1. The van der Waals surface area contributed by atoms with Gasteiger partial charge in [0, 0.05) is 20.3 Å². The van der Waals surface area contributed by atoms with E-state index < -0.39 is 17.5 Å². The number of carbonyl (C=O) groups is 2. The van der Waals surface area contributed by atoms with Crippen molar-refractivity contribution in [3.05, 3.63) is 0 Å². The lowest BCUT2D eigenvalue weighted by molar-refractivity contribution is -0.142. The van der Waals surface area contributed by atoms with E-state index in [1.165, 1.54) is 13.8 Å². The minimum absolute atomic E-state index is 0.454. The summed E-state index contributed by atoms with van der Waals surface area (Å²) in [6.45, 7) is 4.13. The predicted molar refractivity (Wildman–Crippen MR) is 64.0 cm³/mol. The fourth-order valence-corrected chi connectivity index (χ4v) is 1.13. The Kier molecular flexibility index (Phi) is 7.29. The third-order valence-corrected chi connectivity index (χ3v) is 2.27. The average Bonchev–Trinajstić information content (AvgIpc) is 2.22. The van der Waals surface area contributed by atoms with Crippen LogP contribution in [0.5, 0.6) is 0 Å². The van der Waals surface area contributed by atoms with Crippen LogP contribution in [0.4, 0.5) is 4.79 Å². The summed E-state index contributed by atoms with van der Waals surface area (Å²) in [6.07, 6.45) is 2.78. The summed E-state index contributed by atoms with van der Waals surface area (Å²) in [5.41, 5.74) is -1.25. The maximum Gasteiger partial charge on any atom is 0.328 e. The van der Waals surface area contributed by atoms with Crippen molar-refractivity contribution in [1.29, 1.82) is 0 Å². The molecule has 0 aliphatic rings. The average molecular weight is 246 g/mol. The molecule has 0 aliphatic heterocycles. The second-order valence-corrected chi connectivity index (χ2v) is 4.36. The van der Waals surface area contributed by atoms with E-state index in [1.54, 1.807) is 7.11 Å². The van der Waals surface area contributed by atoms with Crippen molar-refractivity contribution in [3.63, 3.8) is 0 Å². The molecule has 0 aromatic carbocycles. The maximum absolute atomic E-state index is 11.3. The third kappa shape index (κ3) is 7.57. The number of hydrogen-bond donors (Lipinski definition) is 3. The molecule has 0 unspecified atom stereocenters. The van der Waals surface area contributed by atoms with Crippen molar-refractivity contribution in [2.75, 3.05) is 20.3 Å². The molecule has 0 bridgehead atoms. The SMILES string of the molecule is COCCCCCNC(=O)NC(C)(C)C(=O)O. The molecule has 0 saturated heterocycles. The molecule has 0 radical (unpaired) electrons. The number of hydrogen-bond acceptors (Lipinski definition) is 3. The van der Waals surface area contributed by atoms with E-state index in [0.717, 1.165) is 25.9 Å². The van der Waals surface area contributed by atoms with Gasteiger partial charge >= 0.3 is 12.0 Å². The smallest absolute Gasteiger partial charge is 0.328 e. The number of urea groups is 1. The molecule has 100 valence electrons. The number of methoxy groups -OCH3 is 1. The van der Waals surface area contributed by atoms with Gasteiger partial charge in [0.05, 0.1) is 0 Å². The number of unbranched alkanes of at least 4 members (excludes halogenated alkanes) is 2. The number of nitrogens with one attached hydrogen (secondary N) is 2. The zero-order valence-electron chi connectivity index (χ0n) is 10.7. The highest BCUT2D eigenvalue weighted by molar-refractivity contribution is 5.85. The summed E-state index contributed by atoms with van der Waals surface area (Å²) in [6, 6.07) is -0.454. The number of rotatable bonds is 8. The molecule has 2 amide bonds. The van der Waals surface area contributed by atoms with Crippen LogP contribution in [0.1, 0.15) is 33.1 Å². The quantitative estimate of drug-likeness (QED) is 0.557. The summed E-state index contributed by atoms with van der Waals surface area (Å²) >= 11 is 0. The van der Waals surface area contributed by atoms with E-state index in [9.17, 15) is 9.59 Å². The second-order valence-electron chi connectivity index (χ2n) is 4.36. The van der Waals surface area contributed by atoms with E-state index in [0.29, 0.717) is 6.54 Å². The molecule has 0 aromatic rings. The highest BCUT2D eigenvalue weighted by Gasteiger charge is 2.28. The lowest BCUT2D eigenvalue weighted by Gasteiger charge is -2.21. The highest BCUT2D eigenvalue weighted by atomic mass is 16.5. The van der Waals surface area contributed by atoms with Crippen LogP contribution in [0.3, 0.4) is 0 Å². The van der Waals surface area contributed by atoms with Gasteiger partial charge in [0.2, 0.25) is 0 Å². The van der Waals surface area contributed by atoms with Gasteiger partial charge in [-0.05, 0) is 33.1 Å². The molecule has 0 spiro atoms. The molecule has 3 N–H and O–H groups in total. The van der Waals surface area contributed by atoms with Crippen LogP contribution < -0.4 is 10.6 Å². The number of carboxylic acids is 1. The molecule has 0 fully saturated rings. The van der Waals surface area contributed by atoms with Crippen LogP contribution in [0, 0.1) is 0 Å². The normalized spacial score (nSPS) is 11.0. The molecule has 0 saturated carbocycles. The summed E-state index contributed by atoms with van der Waals surface area (Å²) in [7, 11) is 1.65. The third-order valence-electron chi connectivity index (χ3n) is 2.27. The van der Waals surface area contributed by atoms with Gasteiger partial charge in [-0.25, -0.2) is 9.59 Å². The van der Waals surface area contributed by atoms with Crippen molar-refractivity contribution in [2.45, 2.75) is 38.6 Å². The number of ether oxygens (including phenoxy) is 1. The summed E-state index contributed by atoms with van der Waals surface area (Å²) < 4.78 is 4.90. The van der Waals surface area contributed by atoms with Crippen molar-refractivity contribution in [1.82, 2.24) is 10.6 Å². The number of amides is 2. The summed E-state index contributed by atoms with van der Waals surface area (Å²) in [5.74, 6) is -1.06. The Morgan fingerprint density at radius 3 is 2.41 bits per heavy atom. The van der Waals surface area contributed by atoms with Gasteiger partial charge < -0.3 is 20.5 Å². The lowest BCUT2D eigenvalue weighted by atomic mass is 10.1. The number of carboxylic acid groups (broad SMARTS) is 1. The summed E-state index contributed by atoms with van der Waals surface area (Å²) in [4.78, 5) is 22.1. The predicted octanol–water partition coefficient (Wildman–Crippen LogP) is 0.965. The molecule has 6 heteroatoms. The topological polar surface area (TPSA) is 87.7 Å². The lowest BCUT2D eigenvalue weighted by Crippen LogP contribution is -2.53.